The van der Waals surface area contributed by atoms with Gasteiger partial charge in [-0.3, -0.25) is 14.0 Å². The molecule has 0 atom stereocenters. The molecule has 2 aromatic heterocycles. The van der Waals surface area contributed by atoms with Gasteiger partial charge < -0.3 is 0 Å². The van der Waals surface area contributed by atoms with Gasteiger partial charge in [-0.1, -0.05) is 12.1 Å². The second kappa shape index (κ2) is 5.05. The van der Waals surface area contributed by atoms with Gasteiger partial charge in [-0.15, -0.1) is 11.6 Å². The van der Waals surface area contributed by atoms with Crippen molar-refractivity contribution < 1.29 is 0 Å². The lowest BCUT2D eigenvalue weighted by molar-refractivity contribution is 0.658. The summed E-state index contributed by atoms with van der Waals surface area (Å²) in [6, 6.07) is 7.22. The van der Waals surface area contributed by atoms with Gasteiger partial charge >= 0.3 is 0 Å². The Morgan fingerprint density at radius 1 is 1.30 bits per heavy atom. The van der Waals surface area contributed by atoms with E-state index in [9.17, 15) is 4.79 Å². The number of hydrogen-bond donors (Lipinski definition) is 0. The molecule has 0 N–H and O–H groups in total. The van der Waals surface area contributed by atoms with Crippen molar-refractivity contribution in [3.63, 3.8) is 0 Å². The monoisotopic (exact) mass is 289 g/mol. The zero-order valence-electron chi connectivity index (χ0n) is 10.8. The maximum atomic E-state index is 12.5. The van der Waals surface area contributed by atoms with Crippen molar-refractivity contribution in [1.29, 1.82) is 0 Å². The second-order valence-corrected chi connectivity index (χ2v) is 4.67. The average Bonchev–Trinajstić information content (AvgIpc) is 2.87. The Balaban J connectivity index is 2.18. The summed E-state index contributed by atoms with van der Waals surface area (Å²) in [7, 11) is 1.78. The summed E-state index contributed by atoms with van der Waals surface area (Å²) in [4.78, 5) is 21.1. The van der Waals surface area contributed by atoms with Crippen LogP contribution in [-0.2, 0) is 19.5 Å². The van der Waals surface area contributed by atoms with Crippen LogP contribution in [0.4, 0.5) is 0 Å². The van der Waals surface area contributed by atoms with E-state index in [-0.39, 0.29) is 18.0 Å². The molecule has 6 nitrogen and oxygen atoms in total. The average molecular weight is 290 g/mol. The summed E-state index contributed by atoms with van der Waals surface area (Å²) in [6.07, 6.45) is 1.59. The van der Waals surface area contributed by atoms with Crippen LogP contribution in [-0.4, -0.2) is 24.3 Å². The number of aromatic nitrogens is 5. The molecule has 0 fully saturated rings. The summed E-state index contributed by atoms with van der Waals surface area (Å²) < 4.78 is 3.11. The highest BCUT2D eigenvalue weighted by atomic mass is 35.5. The molecular formula is C13H12ClN5O. The molecule has 7 heteroatoms. The lowest BCUT2D eigenvalue weighted by atomic mass is 10.2. The van der Waals surface area contributed by atoms with Gasteiger partial charge in [0.15, 0.2) is 5.82 Å². The minimum atomic E-state index is -0.126. The number of halogens is 1. The molecular weight excluding hydrogens is 278 g/mol. The van der Waals surface area contributed by atoms with Gasteiger partial charge in [0.2, 0.25) is 0 Å². The van der Waals surface area contributed by atoms with Gasteiger partial charge in [0.25, 0.3) is 5.56 Å². The molecule has 3 rings (SSSR count). The second-order valence-electron chi connectivity index (χ2n) is 4.40. The van der Waals surface area contributed by atoms with Crippen molar-refractivity contribution in [1.82, 2.24) is 24.3 Å². The summed E-state index contributed by atoms with van der Waals surface area (Å²) >= 11 is 5.91. The fourth-order valence-corrected chi connectivity index (χ4v) is 2.28. The third kappa shape index (κ3) is 2.18. The number of benzene rings is 1. The van der Waals surface area contributed by atoms with Crippen LogP contribution in [0.25, 0.3) is 10.9 Å². The number of hydrogen-bond acceptors (Lipinski definition) is 4. The van der Waals surface area contributed by atoms with E-state index in [4.69, 9.17) is 11.6 Å². The van der Waals surface area contributed by atoms with Crippen LogP contribution in [0.1, 0.15) is 11.6 Å². The van der Waals surface area contributed by atoms with E-state index in [1.165, 1.54) is 4.57 Å². The number of fused-ring (bicyclic) bond motifs is 1. The maximum Gasteiger partial charge on any atom is 0.261 e. The molecule has 0 bridgehead atoms. The fourth-order valence-electron chi connectivity index (χ4n) is 2.08. The van der Waals surface area contributed by atoms with Crippen LogP contribution in [0, 0.1) is 0 Å². The zero-order valence-corrected chi connectivity index (χ0v) is 11.6. The van der Waals surface area contributed by atoms with E-state index >= 15 is 0 Å². The molecule has 0 spiro atoms. The van der Waals surface area contributed by atoms with Gasteiger partial charge in [-0.05, 0) is 12.1 Å². The van der Waals surface area contributed by atoms with Gasteiger partial charge in [-0.2, -0.15) is 5.10 Å². The Hall–Kier alpha value is -2.21. The number of nitrogens with zero attached hydrogens (tertiary/aromatic N) is 5. The molecule has 2 heterocycles. The van der Waals surface area contributed by atoms with E-state index in [1.54, 1.807) is 30.2 Å². The highest BCUT2D eigenvalue weighted by Crippen LogP contribution is 2.10. The van der Waals surface area contributed by atoms with E-state index in [1.807, 2.05) is 12.1 Å². The van der Waals surface area contributed by atoms with Gasteiger partial charge in [0, 0.05) is 7.05 Å². The molecule has 102 valence electrons. The third-order valence-electron chi connectivity index (χ3n) is 3.01. The van der Waals surface area contributed by atoms with Gasteiger partial charge in [0.1, 0.15) is 12.2 Å². The smallest absolute Gasteiger partial charge is 0.261 e. The Kier molecular flexibility index (Phi) is 3.23. The minimum absolute atomic E-state index is 0.126. The highest BCUT2D eigenvalue weighted by Gasteiger charge is 2.12. The lowest BCUT2D eigenvalue weighted by Gasteiger charge is -2.09. The molecule has 0 aliphatic heterocycles. The van der Waals surface area contributed by atoms with Gasteiger partial charge in [-0.25, -0.2) is 9.97 Å². The molecule has 0 saturated carbocycles. The lowest BCUT2D eigenvalue weighted by Crippen LogP contribution is -2.26. The van der Waals surface area contributed by atoms with Crippen LogP contribution in [0.5, 0.6) is 0 Å². The fraction of sp³-hybridized carbons (Fsp3) is 0.231. The van der Waals surface area contributed by atoms with Crippen LogP contribution in [0.2, 0.25) is 0 Å². The quantitative estimate of drug-likeness (QED) is 0.682. The van der Waals surface area contributed by atoms with Crippen molar-refractivity contribution in [2.24, 2.45) is 7.05 Å². The number of alkyl halides is 1. The first kappa shape index (κ1) is 12.8. The Labute approximate surface area is 119 Å². The standard InChI is InChI=1S/C13H12ClN5O/c1-18-8-15-11(17-18)7-19-12(6-14)16-10-5-3-2-4-9(10)13(19)20/h2-5,8H,6-7H2,1H3. The van der Waals surface area contributed by atoms with E-state index in [0.717, 1.165) is 0 Å². The van der Waals surface area contributed by atoms with Crippen molar-refractivity contribution in [3.8, 4) is 0 Å². The molecule has 3 aromatic rings. The van der Waals surface area contributed by atoms with E-state index < -0.39 is 0 Å². The third-order valence-corrected chi connectivity index (χ3v) is 3.25. The molecule has 0 aliphatic carbocycles. The van der Waals surface area contributed by atoms with Crippen molar-refractivity contribution >= 4 is 22.5 Å². The SMILES string of the molecule is Cn1cnc(Cn2c(CCl)nc3ccccc3c2=O)n1. The largest absolute Gasteiger partial charge is 0.287 e. The Morgan fingerprint density at radius 3 is 2.80 bits per heavy atom. The minimum Gasteiger partial charge on any atom is -0.287 e. The molecule has 20 heavy (non-hydrogen) atoms. The molecule has 0 saturated heterocycles. The number of aryl methyl sites for hydroxylation is 1. The first-order valence-electron chi connectivity index (χ1n) is 6.08. The van der Waals surface area contributed by atoms with Crippen molar-refractivity contribution in [2.45, 2.75) is 12.4 Å². The van der Waals surface area contributed by atoms with Crippen LogP contribution in [0.15, 0.2) is 35.4 Å². The summed E-state index contributed by atoms with van der Waals surface area (Å²) in [6.45, 7) is 0.263. The first-order valence-corrected chi connectivity index (χ1v) is 6.61. The first-order chi connectivity index (χ1) is 9.69. The molecule has 1 aromatic carbocycles. The van der Waals surface area contributed by atoms with Crippen molar-refractivity contribution in [2.75, 3.05) is 0 Å². The number of rotatable bonds is 3. The van der Waals surface area contributed by atoms with E-state index in [0.29, 0.717) is 22.6 Å². The summed E-state index contributed by atoms with van der Waals surface area (Å²) in [5.41, 5.74) is 0.525. The number of para-hydroxylation sites is 1. The topological polar surface area (TPSA) is 65.6 Å². The maximum absolute atomic E-state index is 12.5. The van der Waals surface area contributed by atoms with Gasteiger partial charge in [0.05, 0.1) is 23.3 Å². The van der Waals surface area contributed by atoms with Crippen molar-refractivity contribution in [3.05, 3.63) is 52.6 Å². The van der Waals surface area contributed by atoms with Crippen LogP contribution >= 0.6 is 11.6 Å². The zero-order chi connectivity index (χ0) is 14.1. The Morgan fingerprint density at radius 2 is 2.10 bits per heavy atom. The molecule has 0 radical (unpaired) electrons. The summed E-state index contributed by atoms with van der Waals surface area (Å²) in [5.74, 6) is 1.23. The molecule has 0 amide bonds. The van der Waals surface area contributed by atoms with Crippen LogP contribution in [0.3, 0.4) is 0 Å². The normalized spacial score (nSPS) is 11.1. The molecule has 0 aliphatic rings. The predicted octanol–water partition coefficient (Wildman–Crippen LogP) is 1.31. The Bertz CT molecular complexity index is 823. The van der Waals surface area contributed by atoms with Crippen LogP contribution < -0.4 is 5.56 Å². The van der Waals surface area contributed by atoms with E-state index in [2.05, 4.69) is 15.1 Å². The summed E-state index contributed by atoms with van der Waals surface area (Å²) in [5, 5.41) is 4.74. The predicted molar refractivity (Wildman–Crippen MR) is 75.7 cm³/mol. The molecule has 0 unspecified atom stereocenters. The highest BCUT2D eigenvalue weighted by molar-refractivity contribution is 6.16.